The van der Waals surface area contributed by atoms with Crippen molar-refractivity contribution in [1.82, 2.24) is 0 Å². The lowest BCUT2D eigenvalue weighted by Gasteiger charge is -2.30. The highest BCUT2D eigenvalue weighted by Gasteiger charge is 2.27. The van der Waals surface area contributed by atoms with Crippen molar-refractivity contribution in [2.24, 2.45) is 11.8 Å². The topological polar surface area (TPSA) is 61.8 Å². The summed E-state index contributed by atoms with van der Waals surface area (Å²) >= 11 is 0. The van der Waals surface area contributed by atoms with E-state index < -0.39 is 0 Å². The van der Waals surface area contributed by atoms with Crippen molar-refractivity contribution in [2.45, 2.75) is 53.6 Å². The van der Waals surface area contributed by atoms with Gasteiger partial charge in [-0.2, -0.15) is 0 Å². The van der Waals surface area contributed by atoms with Crippen LogP contribution in [0.3, 0.4) is 0 Å². The molecule has 0 aromatic heterocycles. The van der Waals surface area contributed by atoms with E-state index in [4.69, 9.17) is 14.2 Å². The van der Waals surface area contributed by atoms with Crippen LogP contribution in [0.4, 0.5) is 0 Å². The molecule has 112 valence electrons. The second-order valence-corrected chi connectivity index (χ2v) is 4.73. The zero-order chi connectivity index (χ0) is 14.8. The van der Waals surface area contributed by atoms with Gasteiger partial charge in [0.25, 0.3) is 0 Å². The predicted octanol–water partition coefficient (Wildman–Crippen LogP) is 2.53. The molecule has 0 aromatic carbocycles. The van der Waals surface area contributed by atoms with E-state index in [-0.39, 0.29) is 30.8 Å². The first-order chi connectivity index (χ1) is 8.92. The summed E-state index contributed by atoms with van der Waals surface area (Å²) in [7, 11) is 0. The van der Waals surface area contributed by atoms with Crippen molar-refractivity contribution in [1.29, 1.82) is 0 Å². The van der Waals surface area contributed by atoms with Crippen LogP contribution in [0.2, 0.25) is 0 Å². The molecule has 0 heterocycles. The maximum absolute atomic E-state index is 11.1. The summed E-state index contributed by atoms with van der Waals surface area (Å²) in [5, 5.41) is 0. The predicted molar refractivity (Wildman–Crippen MR) is 71.4 cm³/mol. The third kappa shape index (κ3) is 7.82. The molecule has 0 aliphatic rings. The van der Waals surface area contributed by atoms with E-state index in [9.17, 15) is 9.59 Å². The lowest BCUT2D eigenvalue weighted by molar-refractivity contribution is -0.160. The lowest BCUT2D eigenvalue weighted by Crippen LogP contribution is -2.34. The Hall–Kier alpha value is -1.10. The number of hydrogen-bond acceptors (Lipinski definition) is 5. The highest BCUT2D eigenvalue weighted by atomic mass is 16.7. The molecule has 5 nitrogen and oxygen atoms in total. The zero-order valence-electron chi connectivity index (χ0n) is 12.6. The van der Waals surface area contributed by atoms with Gasteiger partial charge in [-0.3, -0.25) is 9.59 Å². The van der Waals surface area contributed by atoms with Crippen LogP contribution in [-0.2, 0) is 23.8 Å². The van der Waals surface area contributed by atoms with E-state index in [0.29, 0.717) is 12.5 Å². The second-order valence-electron chi connectivity index (χ2n) is 4.73. The minimum atomic E-state index is -0.368. The molecular formula is C14H26O5. The average Bonchev–Trinajstić information content (AvgIpc) is 2.35. The van der Waals surface area contributed by atoms with Crippen LogP contribution < -0.4 is 0 Å². The van der Waals surface area contributed by atoms with Gasteiger partial charge in [-0.15, -0.1) is 0 Å². The van der Waals surface area contributed by atoms with E-state index in [2.05, 4.69) is 13.8 Å². The van der Waals surface area contributed by atoms with Crippen LogP contribution >= 0.6 is 0 Å². The van der Waals surface area contributed by atoms with Gasteiger partial charge in [0.05, 0.1) is 6.61 Å². The zero-order valence-corrected chi connectivity index (χ0v) is 12.6. The Labute approximate surface area is 115 Å². The number of rotatable bonds is 9. The first-order valence-electron chi connectivity index (χ1n) is 6.80. The molecule has 0 aliphatic carbocycles. The van der Waals surface area contributed by atoms with Crippen molar-refractivity contribution in [2.75, 3.05) is 13.4 Å². The summed E-state index contributed by atoms with van der Waals surface area (Å²) < 4.78 is 15.4. The van der Waals surface area contributed by atoms with Crippen molar-refractivity contribution in [3.8, 4) is 0 Å². The first-order valence-corrected chi connectivity index (χ1v) is 6.80. The Morgan fingerprint density at radius 3 is 2.11 bits per heavy atom. The van der Waals surface area contributed by atoms with Crippen molar-refractivity contribution in [3.63, 3.8) is 0 Å². The molecule has 0 rings (SSSR count). The molecule has 0 aliphatic heterocycles. The molecule has 0 amide bonds. The number of hydrogen-bond donors (Lipinski definition) is 0. The van der Waals surface area contributed by atoms with Gasteiger partial charge in [-0.25, -0.2) is 0 Å². The average molecular weight is 274 g/mol. The molecule has 0 aromatic rings. The van der Waals surface area contributed by atoms with Crippen LogP contribution in [-0.4, -0.2) is 31.4 Å². The fourth-order valence-corrected chi connectivity index (χ4v) is 1.94. The molecule has 0 fully saturated rings. The highest BCUT2D eigenvalue weighted by molar-refractivity contribution is 5.66. The fourth-order valence-electron chi connectivity index (χ4n) is 1.94. The molecule has 0 radical (unpaired) electrons. The smallest absolute Gasteiger partial charge is 0.304 e. The SMILES string of the molecule is CC[C@H](OC(C)=O)[C@H](COCOC(C)=O)[C@@H](C)CC. The summed E-state index contributed by atoms with van der Waals surface area (Å²) in [4.78, 5) is 21.8. The molecule has 0 spiro atoms. The summed E-state index contributed by atoms with van der Waals surface area (Å²) in [5.74, 6) is -0.177. The van der Waals surface area contributed by atoms with Crippen LogP contribution in [0.15, 0.2) is 0 Å². The first kappa shape index (κ1) is 17.9. The number of ether oxygens (including phenoxy) is 3. The van der Waals surface area contributed by atoms with E-state index in [1.807, 2.05) is 6.92 Å². The van der Waals surface area contributed by atoms with Gasteiger partial charge in [0, 0.05) is 19.8 Å². The maximum atomic E-state index is 11.1. The third-order valence-corrected chi connectivity index (χ3v) is 3.23. The minimum absolute atomic E-state index is 0.0568. The largest absolute Gasteiger partial charge is 0.462 e. The Morgan fingerprint density at radius 2 is 1.68 bits per heavy atom. The Kier molecular flexibility index (Phi) is 9.21. The summed E-state index contributed by atoms with van der Waals surface area (Å²) in [6.07, 6.45) is 1.55. The second kappa shape index (κ2) is 9.78. The number of carbonyl (C=O) groups is 2. The molecule has 0 saturated carbocycles. The van der Waals surface area contributed by atoms with Gasteiger partial charge >= 0.3 is 11.9 Å². The summed E-state index contributed by atoms with van der Waals surface area (Å²) in [6, 6.07) is 0. The van der Waals surface area contributed by atoms with Crippen molar-refractivity contribution < 1.29 is 23.8 Å². The monoisotopic (exact) mass is 274 g/mol. The van der Waals surface area contributed by atoms with Gasteiger partial charge in [-0.1, -0.05) is 27.2 Å². The molecule has 0 N–H and O–H groups in total. The molecule has 0 saturated heterocycles. The van der Waals surface area contributed by atoms with Gasteiger partial charge in [0.2, 0.25) is 0 Å². The van der Waals surface area contributed by atoms with Crippen LogP contribution in [0, 0.1) is 11.8 Å². The quantitative estimate of drug-likeness (QED) is 0.367. The van der Waals surface area contributed by atoms with Gasteiger partial charge in [-0.05, 0) is 12.3 Å². The summed E-state index contributed by atoms with van der Waals surface area (Å²) in [6.45, 7) is 9.28. The van der Waals surface area contributed by atoms with Gasteiger partial charge in [0.15, 0.2) is 6.79 Å². The number of esters is 2. The Bertz CT molecular complexity index is 277. The van der Waals surface area contributed by atoms with Crippen LogP contribution in [0.1, 0.15) is 47.5 Å². The molecule has 0 bridgehead atoms. The van der Waals surface area contributed by atoms with E-state index >= 15 is 0 Å². The lowest BCUT2D eigenvalue weighted by atomic mass is 9.86. The van der Waals surface area contributed by atoms with Crippen molar-refractivity contribution in [3.05, 3.63) is 0 Å². The fraction of sp³-hybridized carbons (Fsp3) is 0.857. The van der Waals surface area contributed by atoms with E-state index in [0.717, 1.165) is 12.8 Å². The van der Waals surface area contributed by atoms with Gasteiger partial charge in [0.1, 0.15) is 6.10 Å². The molecular weight excluding hydrogens is 248 g/mol. The molecule has 3 atom stereocenters. The standard InChI is InChI=1S/C14H26O5/c1-6-10(3)13(8-17-9-18-11(4)15)14(7-2)19-12(5)16/h10,13-14H,6-9H2,1-5H3/t10-,13+,14-/m0/s1. The molecule has 5 heteroatoms. The molecule has 19 heavy (non-hydrogen) atoms. The van der Waals surface area contributed by atoms with Crippen molar-refractivity contribution >= 4 is 11.9 Å². The Balaban J connectivity index is 4.42. The minimum Gasteiger partial charge on any atom is -0.462 e. The summed E-state index contributed by atoms with van der Waals surface area (Å²) in [5.41, 5.74) is 0. The van der Waals surface area contributed by atoms with E-state index in [1.54, 1.807) is 0 Å². The van der Waals surface area contributed by atoms with Crippen LogP contribution in [0.5, 0.6) is 0 Å². The normalized spacial score (nSPS) is 15.4. The van der Waals surface area contributed by atoms with Crippen LogP contribution in [0.25, 0.3) is 0 Å². The van der Waals surface area contributed by atoms with E-state index in [1.165, 1.54) is 13.8 Å². The highest BCUT2D eigenvalue weighted by Crippen LogP contribution is 2.24. The number of carbonyl (C=O) groups excluding carboxylic acids is 2. The maximum Gasteiger partial charge on any atom is 0.304 e. The van der Waals surface area contributed by atoms with Gasteiger partial charge < -0.3 is 14.2 Å². The third-order valence-electron chi connectivity index (χ3n) is 3.23. The Morgan fingerprint density at radius 1 is 1.05 bits per heavy atom. The molecule has 0 unspecified atom stereocenters.